The number of furan rings is 1. The lowest BCUT2D eigenvalue weighted by Crippen LogP contribution is -2.33. The van der Waals surface area contributed by atoms with Gasteiger partial charge in [0.05, 0.1) is 0 Å². The molecule has 4 heteroatoms. The van der Waals surface area contributed by atoms with E-state index in [0.717, 1.165) is 61.2 Å². The van der Waals surface area contributed by atoms with Crippen molar-refractivity contribution >= 4 is 44.4 Å². The molecule has 0 fully saturated rings. The van der Waals surface area contributed by atoms with Crippen LogP contribution in [0.3, 0.4) is 0 Å². The van der Waals surface area contributed by atoms with Crippen LogP contribution in [-0.2, 0) is 0 Å². The maximum atomic E-state index is 6.42. The fraction of sp³-hybridized carbons (Fsp3) is 0.0233. The number of hydrogen-bond acceptors (Lipinski definition) is 4. The van der Waals surface area contributed by atoms with Crippen molar-refractivity contribution in [2.45, 2.75) is 6.17 Å². The van der Waals surface area contributed by atoms with Crippen LogP contribution in [0, 0.1) is 0 Å². The minimum atomic E-state index is -0.282. The van der Waals surface area contributed by atoms with Crippen LogP contribution in [0.5, 0.6) is 0 Å². The van der Waals surface area contributed by atoms with Gasteiger partial charge in [-0.05, 0) is 75.0 Å². The third-order valence-corrected chi connectivity index (χ3v) is 8.91. The fourth-order valence-electron chi connectivity index (χ4n) is 6.47. The van der Waals surface area contributed by atoms with Gasteiger partial charge in [0.25, 0.3) is 0 Å². The summed E-state index contributed by atoms with van der Waals surface area (Å²) in [7, 11) is 0. The van der Waals surface area contributed by atoms with Gasteiger partial charge in [0, 0.05) is 21.9 Å². The van der Waals surface area contributed by atoms with E-state index in [9.17, 15) is 0 Å². The number of fused-ring (bicyclic) bond motifs is 4. The van der Waals surface area contributed by atoms with E-state index in [1.54, 1.807) is 0 Å². The summed E-state index contributed by atoms with van der Waals surface area (Å²) in [6, 6.07) is 57.0. The van der Waals surface area contributed by atoms with Crippen molar-refractivity contribution in [2.24, 2.45) is 9.98 Å². The Morgan fingerprint density at radius 3 is 2.00 bits per heavy atom. The summed E-state index contributed by atoms with van der Waals surface area (Å²) in [5.41, 5.74) is 9.31. The Morgan fingerprint density at radius 2 is 1.13 bits per heavy atom. The van der Waals surface area contributed by atoms with E-state index in [-0.39, 0.29) is 6.17 Å². The van der Waals surface area contributed by atoms with Crippen LogP contribution in [0.25, 0.3) is 55.0 Å². The summed E-state index contributed by atoms with van der Waals surface area (Å²) < 4.78 is 6.42. The second-order valence-electron chi connectivity index (χ2n) is 11.9. The summed E-state index contributed by atoms with van der Waals surface area (Å²) >= 11 is 0. The van der Waals surface area contributed by atoms with Crippen LogP contribution in [0.2, 0.25) is 0 Å². The highest BCUT2D eigenvalue weighted by molar-refractivity contribution is 6.15. The van der Waals surface area contributed by atoms with E-state index < -0.39 is 0 Å². The molecule has 0 aliphatic carbocycles. The van der Waals surface area contributed by atoms with Crippen molar-refractivity contribution in [3.8, 4) is 22.3 Å². The van der Waals surface area contributed by atoms with Crippen LogP contribution in [-0.4, -0.2) is 11.7 Å². The van der Waals surface area contributed by atoms with Crippen molar-refractivity contribution in [3.63, 3.8) is 0 Å². The Hall–Kier alpha value is -6.26. The first kappa shape index (κ1) is 27.1. The van der Waals surface area contributed by atoms with Gasteiger partial charge in [-0.15, -0.1) is 0 Å². The lowest BCUT2D eigenvalue weighted by atomic mass is 9.99. The van der Waals surface area contributed by atoms with E-state index in [1.807, 2.05) is 24.3 Å². The molecule has 1 aromatic heterocycles. The summed E-state index contributed by atoms with van der Waals surface area (Å²) in [5.74, 6) is 1.45. The van der Waals surface area contributed by atoms with E-state index in [4.69, 9.17) is 14.4 Å². The van der Waals surface area contributed by atoms with Gasteiger partial charge in [0.15, 0.2) is 5.84 Å². The van der Waals surface area contributed by atoms with Crippen molar-refractivity contribution < 1.29 is 4.42 Å². The topological polar surface area (TPSA) is 49.9 Å². The number of hydrogen-bond donors (Lipinski definition) is 1. The molecule has 2 heterocycles. The minimum absolute atomic E-state index is 0.282. The minimum Gasteiger partial charge on any atom is -0.456 e. The summed E-state index contributed by atoms with van der Waals surface area (Å²) in [4.78, 5) is 10.2. The smallest absolute Gasteiger partial charge is 0.159 e. The van der Waals surface area contributed by atoms with Crippen LogP contribution in [0.4, 0.5) is 0 Å². The molecule has 0 spiro atoms. The lowest BCUT2D eigenvalue weighted by molar-refractivity contribution is 0.666. The molecule has 1 aliphatic heterocycles. The largest absolute Gasteiger partial charge is 0.456 e. The number of rotatable bonds is 5. The number of amidine groups is 2. The molecule has 9 rings (SSSR count). The highest BCUT2D eigenvalue weighted by Gasteiger charge is 2.22. The monoisotopic (exact) mass is 603 g/mol. The molecule has 0 bridgehead atoms. The molecular weight excluding hydrogens is 574 g/mol. The van der Waals surface area contributed by atoms with Crippen LogP contribution >= 0.6 is 0 Å². The van der Waals surface area contributed by atoms with E-state index in [0.29, 0.717) is 5.84 Å². The van der Waals surface area contributed by atoms with E-state index >= 15 is 0 Å². The maximum absolute atomic E-state index is 6.42. The van der Waals surface area contributed by atoms with E-state index in [1.165, 1.54) is 16.3 Å². The van der Waals surface area contributed by atoms with Crippen LogP contribution in [0.1, 0.15) is 22.9 Å². The molecule has 0 saturated heterocycles. The number of nitrogens with one attached hydrogen (secondary N) is 1. The van der Waals surface area contributed by atoms with Crippen molar-refractivity contribution in [3.05, 3.63) is 180 Å². The summed E-state index contributed by atoms with van der Waals surface area (Å²) in [6.45, 7) is 0. The second kappa shape index (κ2) is 11.3. The third-order valence-electron chi connectivity index (χ3n) is 8.91. The Morgan fingerprint density at radius 1 is 0.447 bits per heavy atom. The average molecular weight is 604 g/mol. The summed E-state index contributed by atoms with van der Waals surface area (Å²) in [5, 5.41) is 8.24. The van der Waals surface area contributed by atoms with Gasteiger partial charge in [0.2, 0.25) is 0 Å². The first-order chi connectivity index (χ1) is 23.2. The zero-order chi connectivity index (χ0) is 31.2. The molecule has 0 radical (unpaired) electrons. The Kier molecular flexibility index (Phi) is 6.50. The molecule has 7 aromatic carbocycles. The van der Waals surface area contributed by atoms with Gasteiger partial charge >= 0.3 is 0 Å². The predicted octanol–water partition coefficient (Wildman–Crippen LogP) is 10.6. The molecule has 1 unspecified atom stereocenters. The van der Waals surface area contributed by atoms with E-state index in [2.05, 4.69) is 145 Å². The molecule has 1 aliphatic rings. The van der Waals surface area contributed by atoms with Gasteiger partial charge < -0.3 is 9.73 Å². The Balaban J connectivity index is 1.11. The molecule has 47 heavy (non-hydrogen) atoms. The van der Waals surface area contributed by atoms with Gasteiger partial charge in [-0.25, -0.2) is 9.98 Å². The first-order valence-corrected chi connectivity index (χ1v) is 15.8. The van der Waals surface area contributed by atoms with Crippen LogP contribution in [0.15, 0.2) is 178 Å². The number of aliphatic imine (C=N–C) groups is 2. The summed E-state index contributed by atoms with van der Waals surface area (Å²) in [6.07, 6.45) is -0.282. The van der Waals surface area contributed by atoms with Gasteiger partial charge in [-0.2, -0.15) is 0 Å². The quantitative estimate of drug-likeness (QED) is 0.213. The van der Waals surface area contributed by atoms with Crippen molar-refractivity contribution in [1.82, 2.24) is 5.32 Å². The molecule has 222 valence electrons. The predicted molar refractivity (Wildman–Crippen MR) is 194 cm³/mol. The fourth-order valence-corrected chi connectivity index (χ4v) is 6.47. The zero-order valence-corrected chi connectivity index (χ0v) is 25.5. The maximum Gasteiger partial charge on any atom is 0.159 e. The molecule has 4 nitrogen and oxygen atoms in total. The van der Waals surface area contributed by atoms with Gasteiger partial charge in [0.1, 0.15) is 23.2 Å². The average Bonchev–Trinajstić information content (AvgIpc) is 3.52. The van der Waals surface area contributed by atoms with Crippen molar-refractivity contribution in [2.75, 3.05) is 0 Å². The molecule has 0 amide bonds. The third kappa shape index (κ3) is 5.06. The number of nitrogens with zero attached hydrogens (tertiary/aromatic N) is 2. The van der Waals surface area contributed by atoms with Crippen LogP contribution < -0.4 is 5.32 Å². The second-order valence-corrected chi connectivity index (χ2v) is 11.9. The highest BCUT2D eigenvalue weighted by atomic mass is 16.3. The van der Waals surface area contributed by atoms with Gasteiger partial charge in [-0.1, -0.05) is 127 Å². The number of benzene rings is 7. The molecule has 1 N–H and O–H groups in total. The lowest BCUT2D eigenvalue weighted by Gasteiger charge is -2.23. The van der Waals surface area contributed by atoms with Gasteiger partial charge in [-0.3, -0.25) is 0 Å². The Bertz CT molecular complexity index is 2490. The molecule has 1 atom stereocenters. The normalized spacial score (nSPS) is 14.6. The molecule has 0 saturated carbocycles. The molecule has 8 aromatic rings. The first-order valence-electron chi connectivity index (χ1n) is 15.8. The molecular formula is C43H29N3O. The SMILES string of the molecule is c1ccc(-c2cccc(C3=NC(c4ccccc4)NC(c4ccc5c(c4)oc4ccc(-c6ccc7ccccc7c6)cc45)=N3)c2)cc1. The standard InChI is InChI=1S/C43H29N3O/c1-3-10-28(11-4-1)32-16-9-17-35(25-32)42-44-41(30-13-5-2-6-14-30)45-43(46-42)36-20-22-37-38-26-34(21-23-39(38)47-40(37)27-36)33-19-18-29-12-7-8-15-31(29)24-33/h1-27,41H,(H,44,45,46). The van der Waals surface area contributed by atoms with Crippen molar-refractivity contribution in [1.29, 1.82) is 0 Å². The Labute approximate surface area is 272 Å². The highest BCUT2D eigenvalue weighted by Crippen LogP contribution is 2.34. The zero-order valence-electron chi connectivity index (χ0n) is 25.5.